The number of nitrogens with zero attached hydrogens (tertiary/aromatic N) is 1. The van der Waals surface area contributed by atoms with E-state index < -0.39 is 5.41 Å². The Bertz CT molecular complexity index is 674. The number of piperidine rings is 2. The molecule has 0 radical (unpaired) electrons. The van der Waals surface area contributed by atoms with Crippen LogP contribution in [0.4, 0.5) is 5.69 Å². The van der Waals surface area contributed by atoms with Gasteiger partial charge in [-0.25, -0.2) is 0 Å². The Labute approximate surface area is 166 Å². The molecule has 0 saturated carbocycles. The van der Waals surface area contributed by atoms with Crippen LogP contribution in [-0.4, -0.2) is 63.7 Å². The first kappa shape index (κ1) is 20.6. The van der Waals surface area contributed by atoms with Crippen LogP contribution in [0.1, 0.15) is 25.7 Å². The minimum Gasteiger partial charge on any atom is -0.495 e. The van der Waals surface area contributed by atoms with Crippen molar-refractivity contribution in [3.8, 4) is 5.75 Å². The highest BCUT2D eigenvalue weighted by atomic mass is 16.5. The molecule has 2 fully saturated rings. The van der Waals surface area contributed by atoms with E-state index in [0.29, 0.717) is 44.0 Å². The molecule has 0 aliphatic carbocycles. The van der Waals surface area contributed by atoms with Crippen LogP contribution in [0.5, 0.6) is 5.75 Å². The van der Waals surface area contributed by atoms with Crippen LogP contribution >= 0.6 is 0 Å². The van der Waals surface area contributed by atoms with Crippen molar-refractivity contribution >= 4 is 17.5 Å². The highest BCUT2D eigenvalue weighted by Gasteiger charge is 2.43. The summed E-state index contributed by atoms with van der Waals surface area (Å²) in [6.45, 7) is 3.37. The third-order valence-electron chi connectivity index (χ3n) is 5.95. The fourth-order valence-corrected chi connectivity index (χ4v) is 4.26. The van der Waals surface area contributed by atoms with E-state index in [0.717, 1.165) is 25.9 Å². The fourth-order valence-electron chi connectivity index (χ4n) is 4.26. The van der Waals surface area contributed by atoms with Crippen molar-refractivity contribution in [2.75, 3.05) is 52.3 Å². The van der Waals surface area contributed by atoms with Crippen molar-refractivity contribution in [1.82, 2.24) is 10.2 Å². The van der Waals surface area contributed by atoms with E-state index in [4.69, 9.17) is 9.47 Å². The van der Waals surface area contributed by atoms with Gasteiger partial charge in [0.25, 0.3) is 0 Å². The number of methoxy groups -OCH3 is 2. The predicted molar refractivity (Wildman–Crippen MR) is 107 cm³/mol. The predicted octanol–water partition coefficient (Wildman–Crippen LogP) is 1.89. The van der Waals surface area contributed by atoms with Crippen LogP contribution in [0.2, 0.25) is 0 Å². The van der Waals surface area contributed by atoms with Gasteiger partial charge < -0.3 is 25.0 Å². The van der Waals surface area contributed by atoms with Crippen molar-refractivity contribution in [2.24, 2.45) is 11.3 Å². The number of hydrogen-bond donors (Lipinski definition) is 2. The molecule has 1 aromatic rings. The van der Waals surface area contributed by atoms with Crippen molar-refractivity contribution in [3.63, 3.8) is 0 Å². The highest BCUT2D eigenvalue weighted by Crippen LogP contribution is 2.33. The fraction of sp³-hybridized carbons (Fsp3) is 0.619. The van der Waals surface area contributed by atoms with Gasteiger partial charge in [-0.1, -0.05) is 12.1 Å². The van der Waals surface area contributed by atoms with Gasteiger partial charge in [-0.3, -0.25) is 9.59 Å². The van der Waals surface area contributed by atoms with Gasteiger partial charge in [-0.2, -0.15) is 0 Å². The second-order valence-electron chi connectivity index (χ2n) is 7.72. The van der Waals surface area contributed by atoms with E-state index >= 15 is 0 Å². The lowest BCUT2D eigenvalue weighted by Crippen LogP contribution is -2.53. The summed E-state index contributed by atoms with van der Waals surface area (Å²) in [4.78, 5) is 27.8. The van der Waals surface area contributed by atoms with Crippen LogP contribution in [-0.2, 0) is 14.3 Å². The van der Waals surface area contributed by atoms with Gasteiger partial charge in [-0.05, 0) is 50.9 Å². The molecule has 0 atom stereocenters. The van der Waals surface area contributed by atoms with Crippen molar-refractivity contribution < 1.29 is 19.1 Å². The second-order valence-corrected chi connectivity index (χ2v) is 7.72. The normalized spacial score (nSPS) is 19.9. The molecule has 154 valence electrons. The monoisotopic (exact) mass is 389 g/mol. The standard InChI is InChI=1S/C21H31N3O4/c1-27-15-21(9-11-22-12-10-21)20(26)24-13-7-16(8-14-24)19(25)23-17-5-3-4-6-18(17)28-2/h3-6,16,22H,7-15H2,1-2H3,(H,23,25). The summed E-state index contributed by atoms with van der Waals surface area (Å²) in [5, 5.41) is 6.29. The Kier molecular flexibility index (Phi) is 6.91. The molecule has 7 nitrogen and oxygen atoms in total. The molecule has 2 aliphatic heterocycles. The molecule has 0 unspecified atom stereocenters. The quantitative estimate of drug-likeness (QED) is 0.777. The molecule has 3 rings (SSSR count). The molecule has 2 N–H and O–H groups in total. The maximum atomic E-state index is 13.2. The smallest absolute Gasteiger partial charge is 0.231 e. The Morgan fingerprint density at radius 2 is 1.86 bits per heavy atom. The number of carbonyl (C=O) groups is 2. The summed E-state index contributed by atoms with van der Waals surface area (Å²) in [5.41, 5.74) is 0.259. The number of hydrogen-bond acceptors (Lipinski definition) is 5. The van der Waals surface area contributed by atoms with Crippen molar-refractivity contribution in [2.45, 2.75) is 25.7 Å². The average molecular weight is 389 g/mol. The Balaban J connectivity index is 1.57. The lowest BCUT2D eigenvalue weighted by molar-refractivity contribution is -0.149. The lowest BCUT2D eigenvalue weighted by Gasteiger charge is -2.41. The summed E-state index contributed by atoms with van der Waals surface area (Å²) < 4.78 is 10.7. The Morgan fingerprint density at radius 3 is 2.50 bits per heavy atom. The summed E-state index contributed by atoms with van der Waals surface area (Å²) in [5.74, 6) is 0.723. The van der Waals surface area contributed by atoms with E-state index in [1.165, 1.54) is 0 Å². The van der Waals surface area contributed by atoms with Crippen LogP contribution < -0.4 is 15.4 Å². The molecule has 7 heteroatoms. The summed E-state index contributed by atoms with van der Waals surface area (Å²) >= 11 is 0. The molecular weight excluding hydrogens is 358 g/mol. The zero-order chi connectivity index (χ0) is 20.0. The molecule has 2 saturated heterocycles. The molecule has 28 heavy (non-hydrogen) atoms. The number of benzene rings is 1. The Morgan fingerprint density at radius 1 is 1.18 bits per heavy atom. The minimum atomic E-state index is -0.424. The number of likely N-dealkylation sites (tertiary alicyclic amines) is 1. The number of rotatable bonds is 6. The van der Waals surface area contributed by atoms with Gasteiger partial charge in [0.1, 0.15) is 5.75 Å². The number of para-hydroxylation sites is 2. The summed E-state index contributed by atoms with van der Waals surface area (Å²) in [7, 11) is 3.25. The number of anilines is 1. The first-order chi connectivity index (χ1) is 13.6. The average Bonchev–Trinajstić information content (AvgIpc) is 2.74. The van der Waals surface area contributed by atoms with Gasteiger partial charge in [0.05, 0.1) is 24.8 Å². The van der Waals surface area contributed by atoms with Crippen LogP contribution in [0.15, 0.2) is 24.3 Å². The van der Waals surface area contributed by atoms with Crippen molar-refractivity contribution in [1.29, 1.82) is 0 Å². The molecule has 0 aromatic heterocycles. The minimum absolute atomic E-state index is 0.00919. The SMILES string of the molecule is COCC1(C(=O)N2CCC(C(=O)Nc3ccccc3OC)CC2)CCNCC1. The first-order valence-electron chi connectivity index (χ1n) is 10.0. The van der Waals surface area contributed by atoms with Gasteiger partial charge in [0.15, 0.2) is 0 Å². The molecule has 2 amide bonds. The third-order valence-corrected chi connectivity index (χ3v) is 5.95. The molecule has 1 aromatic carbocycles. The zero-order valence-corrected chi connectivity index (χ0v) is 16.8. The topological polar surface area (TPSA) is 79.9 Å². The second kappa shape index (κ2) is 9.39. The number of amides is 2. The molecule has 2 heterocycles. The van der Waals surface area contributed by atoms with Crippen LogP contribution in [0.3, 0.4) is 0 Å². The summed E-state index contributed by atoms with van der Waals surface area (Å²) in [6, 6.07) is 7.40. The van der Waals surface area contributed by atoms with E-state index in [1.54, 1.807) is 14.2 Å². The van der Waals surface area contributed by atoms with Gasteiger partial charge in [0, 0.05) is 26.1 Å². The molecule has 0 bridgehead atoms. The van der Waals surface area contributed by atoms with E-state index in [2.05, 4.69) is 10.6 Å². The molecule has 2 aliphatic rings. The zero-order valence-electron chi connectivity index (χ0n) is 16.8. The molecular formula is C21H31N3O4. The van der Waals surface area contributed by atoms with Crippen LogP contribution in [0.25, 0.3) is 0 Å². The Hall–Kier alpha value is -2.12. The number of carbonyl (C=O) groups excluding carboxylic acids is 2. The third kappa shape index (κ3) is 4.47. The highest BCUT2D eigenvalue weighted by molar-refractivity contribution is 5.94. The number of ether oxygens (including phenoxy) is 2. The van der Waals surface area contributed by atoms with Crippen molar-refractivity contribution in [3.05, 3.63) is 24.3 Å². The number of nitrogens with one attached hydrogen (secondary N) is 2. The lowest BCUT2D eigenvalue weighted by atomic mass is 9.77. The maximum Gasteiger partial charge on any atom is 0.231 e. The van der Waals surface area contributed by atoms with Crippen LogP contribution in [0, 0.1) is 11.3 Å². The molecule has 0 spiro atoms. The largest absolute Gasteiger partial charge is 0.495 e. The maximum absolute atomic E-state index is 13.2. The summed E-state index contributed by atoms with van der Waals surface area (Å²) in [6.07, 6.45) is 2.95. The van der Waals surface area contributed by atoms with E-state index in [9.17, 15) is 9.59 Å². The van der Waals surface area contributed by atoms with E-state index in [1.807, 2.05) is 29.2 Å². The first-order valence-corrected chi connectivity index (χ1v) is 10.0. The van der Waals surface area contributed by atoms with Gasteiger partial charge in [0.2, 0.25) is 11.8 Å². The van der Waals surface area contributed by atoms with E-state index in [-0.39, 0.29) is 17.7 Å². The van der Waals surface area contributed by atoms with Gasteiger partial charge >= 0.3 is 0 Å². The van der Waals surface area contributed by atoms with Gasteiger partial charge in [-0.15, -0.1) is 0 Å².